The summed E-state index contributed by atoms with van der Waals surface area (Å²) in [5.74, 6) is 1.91. The van der Waals surface area contributed by atoms with Crippen molar-refractivity contribution in [3.05, 3.63) is 22.7 Å². The van der Waals surface area contributed by atoms with Gasteiger partial charge in [-0.15, -0.1) is 0 Å². The maximum Gasteiger partial charge on any atom is 0.243 e. The number of hydrogen-bond donors (Lipinski definition) is 1. The zero-order valence-electron chi connectivity index (χ0n) is 13.0. The standard InChI is InChI=1S/C14H20ClN5O2/c1-4-6-22-13-8-11(15)10(7-12(13)21-3)9-16-14-17-18-19-20(14)5-2/h7-8H,4-6,9H2,1-3H3,(H,16,17,19). The van der Waals surface area contributed by atoms with Crippen LogP contribution in [0, 0.1) is 0 Å². The number of halogens is 1. The molecule has 8 heteroatoms. The lowest BCUT2D eigenvalue weighted by molar-refractivity contribution is 0.294. The summed E-state index contributed by atoms with van der Waals surface area (Å²) in [5.41, 5.74) is 0.882. The SMILES string of the molecule is CCCOc1cc(Cl)c(CNc2nnnn2CC)cc1OC. The number of benzene rings is 1. The molecule has 2 aromatic rings. The van der Waals surface area contributed by atoms with Gasteiger partial charge >= 0.3 is 0 Å². The summed E-state index contributed by atoms with van der Waals surface area (Å²) >= 11 is 6.32. The first-order valence-electron chi connectivity index (χ1n) is 7.18. The highest BCUT2D eigenvalue weighted by Gasteiger charge is 2.12. The second kappa shape index (κ2) is 7.84. The molecule has 0 aliphatic rings. The molecule has 1 aromatic heterocycles. The van der Waals surface area contributed by atoms with Gasteiger partial charge in [0.15, 0.2) is 11.5 Å². The Hall–Kier alpha value is -2.02. The lowest BCUT2D eigenvalue weighted by Gasteiger charge is -2.14. The molecule has 0 amide bonds. The third-order valence-electron chi connectivity index (χ3n) is 3.06. The normalized spacial score (nSPS) is 10.5. The molecule has 0 saturated carbocycles. The second-order valence-electron chi connectivity index (χ2n) is 4.61. The van der Waals surface area contributed by atoms with Crippen molar-refractivity contribution >= 4 is 17.5 Å². The van der Waals surface area contributed by atoms with Gasteiger partial charge < -0.3 is 14.8 Å². The van der Waals surface area contributed by atoms with Crippen LogP contribution in [0.25, 0.3) is 0 Å². The number of rotatable bonds is 8. The molecular formula is C14H20ClN5O2. The van der Waals surface area contributed by atoms with Crippen molar-refractivity contribution in [3.63, 3.8) is 0 Å². The molecule has 0 fully saturated rings. The molecular weight excluding hydrogens is 306 g/mol. The lowest BCUT2D eigenvalue weighted by atomic mass is 10.2. The number of ether oxygens (including phenoxy) is 2. The quantitative estimate of drug-likeness (QED) is 0.804. The van der Waals surface area contributed by atoms with E-state index in [0.29, 0.717) is 42.2 Å². The number of aromatic nitrogens is 4. The van der Waals surface area contributed by atoms with Crippen molar-refractivity contribution in [1.29, 1.82) is 0 Å². The molecule has 0 radical (unpaired) electrons. The molecule has 1 N–H and O–H groups in total. The fraction of sp³-hybridized carbons (Fsp3) is 0.500. The van der Waals surface area contributed by atoms with Crippen molar-refractivity contribution in [2.75, 3.05) is 19.0 Å². The summed E-state index contributed by atoms with van der Waals surface area (Å²) < 4.78 is 12.7. The summed E-state index contributed by atoms with van der Waals surface area (Å²) in [6.07, 6.45) is 0.920. The van der Waals surface area contributed by atoms with Crippen molar-refractivity contribution in [3.8, 4) is 11.5 Å². The number of nitrogens with zero attached hydrogens (tertiary/aromatic N) is 4. The summed E-state index contributed by atoms with van der Waals surface area (Å²) in [5, 5.41) is 15.2. The largest absolute Gasteiger partial charge is 0.493 e. The third kappa shape index (κ3) is 3.79. The van der Waals surface area contributed by atoms with E-state index in [1.165, 1.54) is 0 Å². The molecule has 2 rings (SSSR count). The first kappa shape index (κ1) is 16.4. The zero-order chi connectivity index (χ0) is 15.9. The zero-order valence-corrected chi connectivity index (χ0v) is 13.7. The topological polar surface area (TPSA) is 74.1 Å². The molecule has 0 aliphatic heterocycles. The van der Waals surface area contributed by atoms with Crippen LogP contribution in [0.2, 0.25) is 5.02 Å². The minimum absolute atomic E-state index is 0.490. The van der Waals surface area contributed by atoms with Gasteiger partial charge in [-0.05, 0) is 35.4 Å². The number of hydrogen-bond acceptors (Lipinski definition) is 6. The van der Waals surface area contributed by atoms with Gasteiger partial charge in [0.25, 0.3) is 0 Å². The minimum atomic E-state index is 0.490. The number of tetrazole rings is 1. The first-order chi connectivity index (χ1) is 10.7. The number of anilines is 1. The summed E-state index contributed by atoms with van der Waals surface area (Å²) in [6.45, 7) is 5.82. The van der Waals surface area contributed by atoms with Gasteiger partial charge in [-0.3, -0.25) is 0 Å². The molecule has 0 unspecified atom stereocenters. The number of aryl methyl sites for hydroxylation is 1. The van der Waals surface area contributed by atoms with E-state index < -0.39 is 0 Å². The monoisotopic (exact) mass is 325 g/mol. The second-order valence-corrected chi connectivity index (χ2v) is 5.02. The molecule has 22 heavy (non-hydrogen) atoms. The fourth-order valence-electron chi connectivity index (χ4n) is 1.92. The van der Waals surface area contributed by atoms with E-state index in [1.54, 1.807) is 17.9 Å². The van der Waals surface area contributed by atoms with Crippen LogP contribution < -0.4 is 14.8 Å². The number of nitrogens with one attached hydrogen (secondary N) is 1. The van der Waals surface area contributed by atoms with Gasteiger partial charge in [0.1, 0.15) is 0 Å². The Morgan fingerprint density at radius 1 is 1.27 bits per heavy atom. The van der Waals surface area contributed by atoms with Crippen molar-refractivity contribution in [1.82, 2.24) is 20.2 Å². The van der Waals surface area contributed by atoms with Crippen LogP contribution in [0.1, 0.15) is 25.8 Å². The molecule has 0 atom stereocenters. The van der Waals surface area contributed by atoms with Gasteiger partial charge in [0.05, 0.1) is 13.7 Å². The first-order valence-corrected chi connectivity index (χ1v) is 7.56. The van der Waals surface area contributed by atoms with Gasteiger partial charge in [-0.2, -0.15) is 0 Å². The predicted molar refractivity (Wildman–Crippen MR) is 84.6 cm³/mol. The maximum atomic E-state index is 6.32. The molecule has 1 aromatic carbocycles. The Bertz CT molecular complexity index is 617. The summed E-state index contributed by atoms with van der Waals surface area (Å²) in [7, 11) is 1.61. The van der Waals surface area contributed by atoms with E-state index in [4.69, 9.17) is 21.1 Å². The highest BCUT2D eigenvalue weighted by molar-refractivity contribution is 6.31. The highest BCUT2D eigenvalue weighted by Crippen LogP contribution is 2.33. The molecule has 0 spiro atoms. The van der Waals surface area contributed by atoms with E-state index >= 15 is 0 Å². The smallest absolute Gasteiger partial charge is 0.243 e. The molecule has 0 aliphatic carbocycles. The van der Waals surface area contributed by atoms with E-state index in [9.17, 15) is 0 Å². The van der Waals surface area contributed by atoms with Crippen LogP contribution >= 0.6 is 11.6 Å². The maximum absolute atomic E-state index is 6.32. The molecule has 120 valence electrons. The Labute approximate surface area is 134 Å². The van der Waals surface area contributed by atoms with Crippen molar-refractivity contribution in [2.24, 2.45) is 0 Å². The van der Waals surface area contributed by atoms with Crippen LogP contribution in [-0.4, -0.2) is 33.9 Å². The summed E-state index contributed by atoms with van der Waals surface area (Å²) in [4.78, 5) is 0. The van der Waals surface area contributed by atoms with Crippen molar-refractivity contribution in [2.45, 2.75) is 33.4 Å². The highest BCUT2D eigenvalue weighted by atomic mass is 35.5. The Morgan fingerprint density at radius 3 is 2.77 bits per heavy atom. The Morgan fingerprint density at radius 2 is 2.09 bits per heavy atom. The lowest BCUT2D eigenvalue weighted by Crippen LogP contribution is -2.08. The minimum Gasteiger partial charge on any atom is -0.493 e. The van der Waals surface area contributed by atoms with Gasteiger partial charge in [0, 0.05) is 24.2 Å². The molecule has 1 heterocycles. The van der Waals surface area contributed by atoms with Crippen LogP contribution in [0.15, 0.2) is 12.1 Å². The van der Waals surface area contributed by atoms with Gasteiger partial charge in [0.2, 0.25) is 5.95 Å². The fourth-order valence-corrected chi connectivity index (χ4v) is 2.14. The van der Waals surface area contributed by atoms with Crippen LogP contribution in [0.3, 0.4) is 0 Å². The third-order valence-corrected chi connectivity index (χ3v) is 3.41. The van der Waals surface area contributed by atoms with E-state index in [-0.39, 0.29) is 0 Å². The van der Waals surface area contributed by atoms with Crippen molar-refractivity contribution < 1.29 is 9.47 Å². The van der Waals surface area contributed by atoms with Crippen LogP contribution in [0.5, 0.6) is 11.5 Å². The van der Waals surface area contributed by atoms with Gasteiger partial charge in [-0.25, -0.2) is 4.68 Å². The number of methoxy groups -OCH3 is 1. The Balaban J connectivity index is 2.13. The molecule has 0 bridgehead atoms. The van der Waals surface area contributed by atoms with E-state index in [1.807, 2.05) is 19.9 Å². The van der Waals surface area contributed by atoms with Crippen LogP contribution in [-0.2, 0) is 13.1 Å². The molecule has 0 saturated heterocycles. The molecule has 7 nitrogen and oxygen atoms in total. The average Bonchev–Trinajstić information content (AvgIpc) is 2.99. The predicted octanol–water partition coefficient (Wildman–Crippen LogP) is 2.76. The van der Waals surface area contributed by atoms with Crippen LogP contribution in [0.4, 0.5) is 5.95 Å². The van der Waals surface area contributed by atoms with Gasteiger partial charge in [-0.1, -0.05) is 23.6 Å². The summed E-state index contributed by atoms with van der Waals surface area (Å²) in [6, 6.07) is 3.64. The van der Waals surface area contributed by atoms with E-state index in [2.05, 4.69) is 20.8 Å². The Kier molecular flexibility index (Phi) is 5.83. The van der Waals surface area contributed by atoms with E-state index in [0.717, 1.165) is 12.0 Å². The average molecular weight is 326 g/mol.